The first kappa shape index (κ1) is 18.7. The molecule has 3 aromatic rings. The van der Waals surface area contributed by atoms with Crippen molar-refractivity contribution in [2.45, 2.75) is 38.1 Å². The van der Waals surface area contributed by atoms with Gasteiger partial charge in [-0.1, -0.05) is 56.3 Å². The highest BCUT2D eigenvalue weighted by atomic mass is 19.1. The molecule has 3 atom stereocenters. The van der Waals surface area contributed by atoms with Crippen LogP contribution in [0, 0.1) is 11.7 Å². The number of hydrogen-bond acceptors (Lipinski definition) is 4. The van der Waals surface area contributed by atoms with Crippen LogP contribution in [0.2, 0.25) is 0 Å². The molecule has 0 radical (unpaired) electrons. The molecule has 2 aliphatic rings. The van der Waals surface area contributed by atoms with Crippen molar-refractivity contribution in [2.24, 2.45) is 5.92 Å². The van der Waals surface area contributed by atoms with Crippen LogP contribution in [-0.2, 0) is 4.79 Å². The molecule has 6 heteroatoms. The summed E-state index contributed by atoms with van der Waals surface area (Å²) in [5, 5.41) is 7.71. The SMILES string of the molecule is CC(C)c1ccc([C@@H]2[C@H]3C(=O)C[C@@H](c4ccc(F)cc4)C=C3Nc3ncnn32)cc1. The lowest BCUT2D eigenvalue weighted by molar-refractivity contribution is -0.123. The van der Waals surface area contributed by atoms with Crippen LogP contribution in [0.5, 0.6) is 0 Å². The average molecular weight is 402 g/mol. The molecule has 0 saturated carbocycles. The van der Waals surface area contributed by atoms with Crippen molar-refractivity contribution in [3.63, 3.8) is 0 Å². The number of halogens is 1. The van der Waals surface area contributed by atoms with E-state index in [1.54, 1.807) is 12.1 Å². The van der Waals surface area contributed by atoms with Gasteiger partial charge in [-0.15, -0.1) is 0 Å². The lowest BCUT2D eigenvalue weighted by atomic mass is 9.75. The summed E-state index contributed by atoms with van der Waals surface area (Å²) in [5.74, 6) is 0.505. The minimum absolute atomic E-state index is 0.0877. The summed E-state index contributed by atoms with van der Waals surface area (Å²) in [5.41, 5.74) is 4.08. The van der Waals surface area contributed by atoms with Crippen molar-refractivity contribution in [2.75, 3.05) is 5.32 Å². The molecule has 1 aliphatic carbocycles. The summed E-state index contributed by atoms with van der Waals surface area (Å²) in [6, 6.07) is 14.6. The molecular weight excluding hydrogens is 379 g/mol. The Bertz CT molecular complexity index is 1110. The van der Waals surface area contributed by atoms with Gasteiger partial charge < -0.3 is 5.32 Å². The van der Waals surface area contributed by atoms with Gasteiger partial charge in [-0.25, -0.2) is 9.07 Å². The fraction of sp³-hybridized carbons (Fsp3) is 0.292. The second-order valence-electron chi connectivity index (χ2n) is 8.35. The van der Waals surface area contributed by atoms with Crippen molar-refractivity contribution in [1.82, 2.24) is 14.8 Å². The van der Waals surface area contributed by atoms with E-state index >= 15 is 0 Å². The summed E-state index contributed by atoms with van der Waals surface area (Å²) >= 11 is 0. The minimum Gasteiger partial charge on any atom is -0.328 e. The van der Waals surface area contributed by atoms with Gasteiger partial charge in [0, 0.05) is 18.0 Å². The number of ketones is 1. The van der Waals surface area contributed by atoms with E-state index in [1.807, 2.05) is 4.68 Å². The lowest BCUT2D eigenvalue weighted by Crippen LogP contribution is -2.40. The summed E-state index contributed by atoms with van der Waals surface area (Å²) in [6.07, 6.45) is 3.98. The van der Waals surface area contributed by atoms with Crippen LogP contribution >= 0.6 is 0 Å². The molecule has 1 aliphatic heterocycles. The zero-order chi connectivity index (χ0) is 20.8. The lowest BCUT2D eigenvalue weighted by Gasteiger charge is -2.38. The second-order valence-corrected chi connectivity index (χ2v) is 8.35. The Balaban J connectivity index is 1.57. The number of rotatable bonds is 3. The van der Waals surface area contributed by atoms with Crippen molar-refractivity contribution >= 4 is 11.7 Å². The van der Waals surface area contributed by atoms with E-state index in [2.05, 4.69) is 59.6 Å². The van der Waals surface area contributed by atoms with Crippen LogP contribution in [0.3, 0.4) is 0 Å². The van der Waals surface area contributed by atoms with Crippen molar-refractivity contribution in [3.8, 4) is 0 Å². The van der Waals surface area contributed by atoms with E-state index in [0.717, 1.165) is 16.8 Å². The number of nitrogens with one attached hydrogen (secondary N) is 1. The molecule has 5 nitrogen and oxygen atoms in total. The van der Waals surface area contributed by atoms with Gasteiger partial charge in [0.05, 0.1) is 12.0 Å². The van der Waals surface area contributed by atoms with E-state index in [4.69, 9.17) is 0 Å². The van der Waals surface area contributed by atoms with Gasteiger partial charge in [-0.2, -0.15) is 10.1 Å². The van der Waals surface area contributed by atoms with Gasteiger partial charge >= 0.3 is 0 Å². The second kappa shape index (κ2) is 7.20. The number of nitrogens with zero attached hydrogens (tertiary/aromatic N) is 3. The Kier molecular flexibility index (Phi) is 4.50. The number of fused-ring (bicyclic) bond motifs is 2. The number of aromatic nitrogens is 3. The molecule has 152 valence electrons. The zero-order valence-corrected chi connectivity index (χ0v) is 16.9. The standard InChI is InChI=1S/C24H23FN4O/c1-14(2)15-3-5-17(6-4-15)23-22-20(28-24-26-13-27-29(23)24)11-18(12-21(22)30)16-7-9-19(25)10-8-16/h3-11,13-14,18,22-23H,12H2,1-2H3,(H,26,27,28)/t18-,22+,23+/m0/s1. The number of anilines is 1. The van der Waals surface area contributed by atoms with Gasteiger partial charge in [0.25, 0.3) is 0 Å². The van der Waals surface area contributed by atoms with E-state index in [1.165, 1.54) is 24.0 Å². The maximum atomic E-state index is 13.4. The molecule has 2 heterocycles. The summed E-state index contributed by atoms with van der Waals surface area (Å²) in [6.45, 7) is 4.33. The molecule has 1 N–H and O–H groups in total. The fourth-order valence-corrected chi connectivity index (χ4v) is 4.51. The summed E-state index contributed by atoms with van der Waals surface area (Å²) in [7, 11) is 0. The van der Waals surface area contributed by atoms with Crippen LogP contribution in [0.1, 0.15) is 54.8 Å². The first-order chi connectivity index (χ1) is 14.5. The summed E-state index contributed by atoms with van der Waals surface area (Å²) in [4.78, 5) is 17.7. The fourth-order valence-electron chi connectivity index (χ4n) is 4.51. The summed E-state index contributed by atoms with van der Waals surface area (Å²) < 4.78 is 15.1. The van der Waals surface area contributed by atoms with Gasteiger partial charge in [0.1, 0.15) is 17.9 Å². The smallest absolute Gasteiger partial charge is 0.226 e. The largest absolute Gasteiger partial charge is 0.328 e. The number of carbonyl (C=O) groups excluding carboxylic acids is 1. The normalized spacial score (nSPS) is 22.9. The molecule has 1 aromatic heterocycles. The van der Waals surface area contributed by atoms with E-state index in [0.29, 0.717) is 18.3 Å². The van der Waals surface area contributed by atoms with Crippen LogP contribution in [-0.4, -0.2) is 20.5 Å². The van der Waals surface area contributed by atoms with Crippen molar-refractivity contribution < 1.29 is 9.18 Å². The first-order valence-corrected chi connectivity index (χ1v) is 10.3. The Morgan fingerprint density at radius 1 is 1.07 bits per heavy atom. The Morgan fingerprint density at radius 3 is 2.47 bits per heavy atom. The number of carbonyl (C=O) groups is 1. The molecule has 0 unspecified atom stereocenters. The van der Waals surface area contributed by atoms with Crippen LogP contribution in [0.4, 0.5) is 10.3 Å². The maximum Gasteiger partial charge on any atom is 0.226 e. The Hall–Kier alpha value is -3.28. The number of benzene rings is 2. The highest BCUT2D eigenvalue weighted by Crippen LogP contribution is 2.44. The monoisotopic (exact) mass is 402 g/mol. The Morgan fingerprint density at radius 2 is 1.77 bits per heavy atom. The molecule has 0 saturated heterocycles. The van der Waals surface area contributed by atoms with Crippen LogP contribution in [0.15, 0.2) is 66.6 Å². The third-order valence-electron chi connectivity index (χ3n) is 6.14. The maximum absolute atomic E-state index is 13.4. The third-order valence-corrected chi connectivity index (χ3v) is 6.14. The van der Waals surface area contributed by atoms with Gasteiger partial charge in [-0.3, -0.25) is 4.79 Å². The molecular formula is C24H23FN4O. The molecule has 30 heavy (non-hydrogen) atoms. The predicted molar refractivity (Wildman–Crippen MR) is 113 cm³/mol. The predicted octanol–water partition coefficient (Wildman–Crippen LogP) is 4.81. The molecule has 0 spiro atoms. The number of allylic oxidation sites excluding steroid dienone is 2. The van der Waals surface area contributed by atoms with Gasteiger partial charge in [-0.05, 0) is 34.7 Å². The molecule has 0 fully saturated rings. The highest BCUT2D eigenvalue weighted by molar-refractivity contribution is 5.88. The van der Waals surface area contributed by atoms with Gasteiger partial charge in [0.15, 0.2) is 0 Å². The molecule has 0 amide bonds. The highest BCUT2D eigenvalue weighted by Gasteiger charge is 2.43. The molecule has 2 aromatic carbocycles. The quantitative estimate of drug-likeness (QED) is 0.683. The van der Waals surface area contributed by atoms with E-state index in [-0.39, 0.29) is 29.5 Å². The van der Waals surface area contributed by atoms with Crippen molar-refractivity contribution in [3.05, 3.63) is 89.1 Å². The molecule has 0 bridgehead atoms. The van der Waals surface area contributed by atoms with Crippen LogP contribution in [0.25, 0.3) is 0 Å². The van der Waals surface area contributed by atoms with E-state index in [9.17, 15) is 9.18 Å². The third kappa shape index (κ3) is 3.12. The molecule has 5 rings (SSSR count). The van der Waals surface area contributed by atoms with Crippen molar-refractivity contribution in [1.29, 1.82) is 0 Å². The van der Waals surface area contributed by atoms with Crippen LogP contribution < -0.4 is 5.32 Å². The zero-order valence-electron chi connectivity index (χ0n) is 16.9. The van der Waals surface area contributed by atoms with Gasteiger partial charge in [0.2, 0.25) is 5.95 Å². The number of hydrogen-bond donors (Lipinski definition) is 1. The average Bonchev–Trinajstić information content (AvgIpc) is 3.21. The van der Waals surface area contributed by atoms with E-state index < -0.39 is 0 Å². The topological polar surface area (TPSA) is 59.8 Å². The Labute approximate surface area is 174 Å². The minimum atomic E-state index is -0.346. The first-order valence-electron chi connectivity index (χ1n) is 10.3. The number of Topliss-reactive ketones (excluding diaryl/α,β-unsaturated/α-hetero) is 1.